The van der Waals surface area contributed by atoms with E-state index < -0.39 is 0 Å². The maximum absolute atomic E-state index is 6.09. The molecule has 4 aromatic heterocycles. The summed E-state index contributed by atoms with van der Waals surface area (Å²) in [5.74, 6) is 0.618. The molecular weight excluding hydrogens is 338 g/mol. The van der Waals surface area contributed by atoms with Crippen molar-refractivity contribution in [3.05, 3.63) is 66.3 Å². The second-order valence-electron chi connectivity index (χ2n) is 5.46. The summed E-state index contributed by atoms with van der Waals surface area (Å²) in [5, 5.41) is 10.4. The Kier molecular flexibility index (Phi) is 3.01. The second kappa shape index (κ2) is 5.35. The number of nitrogens with zero attached hydrogens (tertiary/aromatic N) is 7. The number of hydrogen-bond acceptors (Lipinski definition) is 5. The van der Waals surface area contributed by atoms with E-state index in [4.69, 9.17) is 11.6 Å². The van der Waals surface area contributed by atoms with Crippen LogP contribution in [0.2, 0.25) is 5.02 Å². The van der Waals surface area contributed by atoms with Crippen molar-refractivity contribution in [3.8, 4) is 17.1 Å². The molecule has 0 bridgehead atoms. The van der Waals surface area contributed by atoms with Crippen LogP contribution in [-0.2, 0) is 0 Å². The van der Waals surface area contributed by atoms with Crippen LogP contribution in [0, 0.1) is 0 Å². The predicted octanol–water partition coefficient (Wildman–Crippen LogP) is 3.18. The van der Waals surface area contributed by atoms with Crippen LogP contribution in [0.3, 0.4) is 0 Å². The average molecular weight is 348 g/mol. The fraction of sp³-hybridized carbons (Fsp3) is 0. The highest BCUT2D eigenvalue weighted by Crippen LogP contribution is 2.23. The van der Waals surface area contributed by atoms with Gasteiger partial charge in [-0.15, -0.1) is 5.10 Å². The van der Waals surface area contributed by atoms with Crippen LogP contribution in [0.5, 0.6) is 0 Å². The summed E-state index contributed by atoms with van der Waals surface area (Å²) in [6.07, 6.45) is 6.81. The summed E-state index contributed by atoms with van der Waals surface area (Å²) in [6.45, 7) is 0. The summed E-state index contributed by atoms with van der Waals surface area (Å²) in [4.78, 5) is 13.1. The van der Waals surface area contributed by atoms with Gasteiger partial charge in [0.15, 0.2) is 17.1 Å². The van der Waals surface area contributed by atoms with Crippen molar-refractivity contribution in [2.24, 2.45) is 0 Å². The Morgan fingerprint density at radius 2 is 1.88 bits per heavy atom. The van der Waals surface area contributed by atoms with Crippen molar-refractivity contribution < 1.29 is 0 Å². The molecule has 0 aliphatic rings. The second-order valence-corrected chi connectivity index (χ2v) is 5.89. The monoisotopic (exact) mass is 347 g/mol. The van der Waals surface area contributed by atoms with Gasteiger partial charge in [0.2, 0.25) is 0 Å². The smallest absolute Gasteiger partial charge is 0.182 e. The molecule has 25 heavy (non-hydrogen) atoms. The van der Waals surface area contributed by atoms with E-state index >= 15 is 0 Å². The van der Waals surface area contributed by atoms with Crippen LogP contribution < -0.4 is 0 Å². The molecule has 1 aromatic carbocycles. The Bertz CT molecular complexity index is 1210. The summed E-state index contributed by atoms with van der Waals surface area (Å²) in [6, 6.07) is 11.2. The highest BCUT2D eigenvalue weighted by molar-refractivity contribution is 6.30. The topological polar surface area (TPSA) is 73.8 Å². The molecule has 5 rings (SSSR count). The van der Waals surface area contributed by atoms with Crippen LogP contribution >= 0.6 is 11.6 Å². The van der Waals surface area contributed by atoms with Gasteiger partial charge in [-0.05, 0) is 30.3 Å². The van der Waals surface area contributed by atoms with E-state index in [9.17, 15) is 0 Å². The van der Waals surface area contributed by atoms with Crippen molar-refractivity contribution in [3.63, 3.8) is 0 Å². The first-order chi connectivity index (χ1) is 12.3. The number of hydrogen-bond donors (Lipinski definition) is 0. The van der Waals surface area contributed by atoms with Gasteiger partial charge in [0.1, 0.15) is 6.33 Å². The molecule has 0 saturated heterocycles. The zero-order valence-electron chi connectivity index (χ0n) is 12.8. The first-order valence-corrected chi connectivity index (χ1v) is 7.93. The van der Waals surface area contributed by atoms with Crippen molar-refractivity contribution in [2.75, 3.05) is 0 Å². The van der Waals surface area contributed by atoms with Gasteiger partial charge in [-0.3, -0.25) is 4.98 Å². The Morgan fingerprint density at radius 3 is 2.72 bits per heavy atom. The van der Waals surface area contributed by atoms with Crippen LogP contribution in [0.4, 0.5) is 0 Å². The standard InChI is InChI=1S/C17H10ClN7/c18-12-2-1-3-13(8-12)25-16-14(9-21-25)17-22-15(23-24(17)10-20-16)11-4-6-19-7-5-11/h1-10H. The lowest BCUT2D eigenvalue weighted by Crippen LogP contribution is -1.98. The zero-order chi connectivity index (χ0) is 16.8. The lowest BCUT2D eigenvalue weighted by atomic mass is 10.2. The molecule has 0 aliphatic heterocycles. The van der Waals surface area contributed by atoms with E-state index in [0.29, 0.717) is 22.1 Å². The van der Waals surface area contributed by atoms with E-state index in [1.807, 2.05) is 36.4 Å². The summed E-state index contributed by atoms with van der Waals surface area (Å²) >= 11 is 6.09. The lowest BCUT2D eigenvalue weighted by Gasteiger charge is -2.02. The fourth-order valence-electron chi connectivity index (χ4n) is 2.74. The molecule has 4 heterocycles. The highest BCUT2D eigenvalue weighted by Gasteiger charge is 2.14. The molecule has 120 valence electrons. The van der Waals surface area contributed by atoms with E-state index in [1.54, 1.807) is 34.1 Å². The number of halogens is 1. The fourth-order valence-corrected chi connectivity index (χ4v) is 2.93. The molecule has 0 atom stereocenters. The molecular formula is C17H10ClN7. The van der Waals surface area contributed by atoms with Gasteiger partial charge in [-0.1, -0.05) is 17.7 Å². The molecule has 0 amide bonds. The number of rotatable bonds is 2. The molecule has 0 radical (unpaired) electrons. The molecule has 5 aromatic rings. The summed E-state index contributed by atoms with van der Waals surface area (Å²) in [7, 11) is 0. The van der Waals surface area contributed by atoms with Crippen molar-refractivity contribution in [1.29, 1.82) is 0 Å². The number of pyridine rings is 1. The van der Waals surface area contributed by atoms with Gasteiger partial charge < -0.3 is 0 Å². The third kappa shape index (κ3) is 2.25. The first-order valence-electron chi connectivity index (χ1n) is 7.55. The Hall–Kier alpha value is -3.32. The maximum Gasteiger partial charge on any atom is 0.182 e. The van der Waals surface area contributed by atoms with E-state index in [0.717, 1.165) is 16.6 Å². The third-order valence-corrected chi connectivity index (χ3v) is 4.13. The van der Waals surface area contributed by atoms with Crippen molar-refractivity contribution in [1.82, 2.24) is 34.3 Å². The van der Waals surface area contributed by atoms with E-state index in [1.165, 1.54) is 0 Å². The van der Waals surface area contributed by atoms with Crippen LogP contribution in [0.15, 0.2) is 61.3 Å². The minimum atomic E-state index is 0.618. The van der Waals surface area contributed by atoms with Gasteiger partial charge >= 0.3 is 0 Å². The van der Waals surface area contributed by atoms with Gasteiger partial charge in [0.05, 0.1) is 17.3 Å². The van der Waals surface area contributed by atoms with E-state index in [2.05, 4.69) is 25.1 Å². The first kappa shape index (κ1) is 14.1. The molecule has 0 fully saturated rings. The average Bonchev–Trinajstić information content (AvgIpc) is 3.26. The molecule has 7 nitrogen and oxygen atoms in total. The number of benzene rings is 1. The predicted molar refractivity (Wildman–Crippen MR) is 93.7 cm³/mol. The number of fused-ring (bicyclic) bond motifs is 3. The maximum atomic E-state index is 6.09. The zero-order valence-corrected chi connectivity index (χ0v) is 13.5. The highest BCUT2D eigenvalue weighted by atomic mass is 35.5. The SMILES string of the molecule is Clc1cccc(-n2ncc3c2ncn2nc(-c4ccncc4)nc32)c1. The number of aromatic nitrogens is 7. The largest absolute Gasteiger partial charge is 0.265 e. The van der Waals surface area contributed by atoms with Crippen molar-refractivity contribution >= 4 is 28.3 Å². The van der Waals surface area contributed by atoms with Gasteiger partial charge in [-0.25, -0.2) is 19.2 Å². The van der Waals surface area contributed by atoms with Crippen LogP contribution in [0.25, 0.3) is 33.8 Å². The molecule has 0 saturated carbocycles. The van der Waals surface area contributed by atoms with Crippen LogP contribution in [0.1, 0.15) is 0 Å². The van der Waals surface area contributed by atoms with Crippen LogP contribution in [-0.4, -0.2) is 34.3 Å². The molecule has 0 N–H and O–H groups in total. The molecule has 0 aliphatic carbocycles. The third-order valence-electron chi connectivity index (χ3n) is 3.90. The molecule has 8 heteroatoms. The minimum absolute atomic E-state index is 0.618. The van der Waals surface area contributed by atoms with Crippen molar-refractivity contribution in [2.45, 2.75) is 0 Å². The lowest BCUT2D eigenvalue weighted by molar-refractivity contribution is 0.882. The molecule has 0 spiro atoms. The molecule has 0 unspecified atom stereocenters. The Balaban J connectivity index is 1.73. The van der Waals surface area contributed by atoms with Gasteiger partial charge in [-0.2, -0.15) is 5.10 Å². The Labute approximate surface area is 146 Å². The van der Waals surface area contributed by atoms with E-state index in [-0.39, 0.29) is 0 Å². The van der Waals surface area contributed by atoms with Gasteiger partial charge in [0.25, 0.3) is 0 Å². The normalized spacial score (nSPS) is 11.4. The minimum Gasteiger partial charge on any atom is -0.265 e. The summed E-state index contributed by atoms with van der Waals surface area (Å²) < 4.78 is 3.39. The summed E-state index contributed by atoms with van der Waals surface area (Å²) in [5.41, 5.74) is 3.14. The quantitative estimate of drug-likeness (QED) is 0.490. The Morgan fingerprint density at radius 1 is 1.00 bits per heavy atom. The van der Waals surface area contributed by atoms with Gasteiger partial charge in [0, 0.05) is 23.0 Å².